The number of nitrogens with one attached hydrogen (secondary N) is 1. The standard InChI is InChI=1S/C38H55F5N8OS.CH2O2/c1-10-45-34(51-23-20-31(48-51)52-26-36(8,9)38(41,42)43)33(44)28-16-12-13-17-29(28)37(39,40)25-49(27(3)4)21-15-22-50(24-35(5,6)7)30-18-14-19-32(47-30)53-46-11-2;2-1-3/h10,12-14,16-20,23,27,46H,11,15,21-22,24-26,44H2,1-9H3;1H,(H,2,3)/b34-33+,45-10-;. The average Bonchev–Trinajstić information content (AvgIpc) is 3.59. The average molecular weight is 813 g/mol. The molecule has 2 heterocycles. The zero-order valence-electron chi connectivity index (χ0n) is 33.7. The highest BCUT2D eigenvalue weighted by molar-refractivity contribution is 7.97. The summed E-state index contributed by atoms with van der Waals surface area (Å²) in [6.07, 6.45) is -1.03. The molecule has 0 bridgehead atoms. The number of alkyl halides is 5. The van der Waals surface area contributed by atoms with Gasteiger partial charge in [0.15, 0.2) is 5.82 Å². The Bertz CT molecular complexity index is 1720. The van der Waals surface area contributed by atoms with Gasteiger partial charge in [0, 0.05) is 61.8 Å². The van der Waals surface area contributed by atoms with Gasteiger partial charge in [-0.25, -0.2) is 14.7 Å². The molecule has 3 aromatic rings. The van der Waals surface area contributed by atoms with Crippen LogP contribution in [0.25, 0.3) is 11.5 Å². The molecule has 3 rings (SSSR count). The zero-order chi connectivity index (χ0) is 42.3. The topological polar surface area (TPSA) is 134 Å². The van der Waals surface area contributed by atoms with E-state index >= 15 is 8.78 Å². The maximum Gasteiger partial charge on any atom is 0.397 e. The fourth-order valence-electron chi connectivity index (χ4n) is 5.33. The van der Waals surface area contributed by atoms with Crippen molar-refractivity contribution in [3.8, 4) is 5.88 Å². The Balaban J connectivity index is 0.00000349. The molecule has 312 valence electrons. The molecule has 1 aromatic carbocycles. The lowest BCUT2D eigenvalue weighted by atomic mass is 9.94. The van der Waals surface area contributed by atoms with Crippen molar-refractivity contribution in [1.29, 1.82) is 0 Å². The van der Waals surface area contributed by atoms with Crippen LogP contribution in [0.5, 0.6) is 5.88 Å². The third-order valence-corrected chi connectivity index (χ3v) is 9.13. The van der Waals surface area contributed by atoms with Crippen LogP contribution in [0.15, 0.2) is 64.7 Å². The molecule has 0 radical (unpaired) electrons. The van der Waals surface area contributed by atoms with Gasteiger partial charge < -0.3 is 20.5 Å². The van der Waals surface area contributed by atoms with Crippen molar-refractivity contribution in [3.05, 3.63) is 65.9 Å². The number of ether oxygens (including phenoxy) is 1. The van der Waals surface area contributed by atoms with Crippen LogP contribution in [0.1, 0.15) is 79.9 Å². The molecule has 0 unspecified atom stereocenters. The van der Waals surface area contributed by atoms with E-state index < -0.39 is 30.7 Å². The van der Waals surface area contributed by atoms with Gasteiger partial charge in [0.05, 0.1) is 17.7 Å². The van der Waals surface area contributed by atoms with E-state index in [1.807, 2.05) is 39.0 Å². The molecule has 2 aromatic heterocycles. The van der Waals surface area contributed by atoms with Gasteiger partial charge in [0.1, 0.15) is 17.5 Å². The van der Waals surface area contributed by atoms with E-state index in [0.29, 0.717) is 19.5 Å². The maximum absolute atomic E-state index is 16.4. The number of nitrogens with zero attached hydrogens (tertiary/aromatic N) is 6. The second kappa shape index (κ2) is 21.3. The molecule has 56 heavy (non-hydrogen) atoms. The smallest absolute Gasteiger partial charge is 0.397 e. The van der Waals surface area contributed by atoms with Gasteiger partial charge in [0.25, 0.3) is 12.4 Å². The Morgan fingerprint density at radius 2 is 1.70 bits per heavy atom. The van der Waals surface area contributed by atoms with Crippen LogP contribution in [-0.4, -0.2) is 89.0 Å². The summed E-state index contributed by atoms with van der Waals surface area (Å²) in [7, 11) is 0. The normalized spacial score (nSPS) is 13.1. The van der Waals surface area contributed by atoms with Crippen LogP contribution < -0.4 is 20.1 Å². The summed E-state index contributed by atoms with van der Waals surface area (Å²) < 4.78 is 82.7. The maximum atomic E-state index is 16.4. The van der Waals surface area contributed by atoms with Gasteiger partial charge in [-0.3, -0.25) is 14.4 Å². The second-order valence-corrected chi connectivity index (χ2v) is 16.0. The Hall–Kier alpha value is -4.22. The highest BCUT2D eigenvalue weighted by Crippen LogP contribution is 2.38. The predicted molar refractivity (Wildman–Crippen MR) is 215 cm³/mol. The summed E-state index contributed by atoms with van der Waals surface area (Å²) in [5.74, 6) is -2.56. The molecule has 0 amide bonds. The van der Waals surface area contributed by atoms with Crippen molar-refractivity contribution >= 4 is 42.0 Å². The first-order valence-corrected chi connectivity index (χ1v) is 19.1. The van der Waals surface area contributed by atoms with Crippen molar-refractivity contribution in [1.82, 2.24) is 24.4 Å². The van der Waals surface area contributed by atoms with E-state index in [9.17, 15) is 13.2 Å². The second-order valence-electron chi connectivity index (χ2n) is 15.1. The minimum atomic E-state index is -4.49. The van der Waals surface area contributed by atoms with Crippen molar-refractivity contribution in [3.63, 3.8) is 0 Å². The first-order chi connectivity index (χ1) is 26.1. The highest BCUT2D eigenvalue weighted by Gasteiger charge is 2.48. The molecular weight excluding hydrogens is 756 g/mol. The molecule has 4 N–H and O–H groups in total. The van der Waals surface area contributed by atoms with Gasteiger partial charge in [-0.15, -0.1) is 5.10 Å². The van der Waals surface area contributed by atoms with Crippen molar-refractivity contribution in [2.75, 3.05) is 44.2 Å². The number of hydrogen-bond donors (Lipinski definition) is 3. The Kier molecular flexibility index (Phi) is 18.3. The molecule has 17 heteroatoms. The molecule has 0 aliphatic rings. The summed E-state index contributed by atoms with van der Waals surface area (Å²) >= 11 is 1.47. The predicted octanol–water partition coefficient (Wildman–Crippen LogP) is 8.64. The van der Waals surface area contributed by atoms with Crippen LogP contribution in [0.3, 0.4) is 0 Å². The summed E-state index contributed by atoms with van der Waals surface area (Å²) in [6.45, 7) is 17.1. The fraction of sp³-hybridized carbons (Fsp3) is 0.538. The lowest BCUT2D eigenvalue weighted by Gasteiger charge is -2.34. The number of nitrogens with two attached hydrogens (primary N) is 1. The summed E-state index contributed by atoms with van der Waals surface area (Å²) in [4.78, 5) is 21.5. The monoisotopic (exact) mass is 812 g/mol. The van der Waals surface area contributed by atoms with Crippen LogP contribution in [-0.2, 0) is 10.7 Å². The number of carbonyl (C=O) groups is 1. The number of benzene rings is 1. The van der Waals surface area contributed by atoms with Gasteiger partial charge in [0.2, 0.25) is 5.88 Å². The fourth-order valence-corrected chi connectivity index (χ4v) is 5.90. The van der Waals surface area contributed by atoms with E-state index in [2.05, 4.69) is 40.5 Å². The zero-order valence-corrected chi connectivity index (χ0v) is 34.5. The molecular formula is C39H57F5N8O3S. The number of pyridine rings is 1. The Morgan fingerprint density at radius 1 is 1.04 bits per heavy atom. The first kappa shape index (κ1) is 47.9. The minimum Gasteiger partial charge on any atom is -0.483 e. The third-order valence-electron chi connectivity index (χ3n) is 8.26. The van der Waals surface area contributed by atoms with Crippen LogP contribution in [0.2, 0.25) is 0 Å². The number of aromatic nitrogens is 3. The van der Waals surface area contributed by atoms with Crippen LogP contribution in [0, 0.1) is 10.8 Å². The summed E-state index contributed by atoms with van der Waals surface area (Å²) in [6, 6.07) is 13.1. The number of carboxylic acid groups (broad SMARTS) is 1. The van der Waals surface area contributed by atoms with Gasteiger partial charge in [-0.2, -0.15) is 22.0 Å². The Morgan fingerprint density at radius 3 is 2.29 bits per heavy atom. The number of anilines is 1. The number of hydrogen-bond acceptors (Lipinski definition) is 10. The SMILES string of the molecule is C/C=N\C(=C(/N)c1ccccc1C(F)(F)CN(CCCN(CC(C)(C)C)c1cccc(SNCC)n1)C(C)C)n1ccc(OCC(C)(C)C(F)(F)F)n1.O=CO. The molecule has 0 saturated heterocycles. The van der Waals surface area contributed by atoms with E-state index in [-0.39, 0.29) is 46.5 Å². The third kappa shape index (κ3) is 14.7. The largest absolute Gasteiger partial charge is 0.483 e. The van der Waals surface area contributed by atoms with E-state index in [0.717, 1.165) is 37.8 Å². The number of aliphatic imine (C=N–C) groups is 1. The number of halogens is 5. The molecule has 0 atom stereocenters. The first-order valence-electron chi connectivity index (χ1n) is 18.3. The molecule has 0 aliphatic heterocycles. The van der Waals surface area contributed by atoms with Gasteiger partial charge >= 0.3 is 6.18 Å². The van der Waals surface area contributed by atoms with Crippen LogP contribution >= 0.6 is 11.9 Å². The lowest BCUT2D eigenvalue weighted by Crippen LogP contribution is -2.42. The van der Waals surface area contributed by atoms with Crippen molar-refractivity contribution < 1.29 is 36.6 Å². The minimum absolute atomic E-state index is 0.0156. The van der Waals surface area contributed by atoms with Crippen molar-refractivity contribution in [2.24, 2.45) is 21.6 Å². The molecule has 11 nitrogen and oxygen atoms in total. The summed E-state index contributed by atoms with van der Waals surface area (Å²) in [5, 5.41) is 11.9. The van der Waals surface area contributed by atoms with E-state index in [4.69, 9.17) is 25.4 Å². The summed E-state index contributed by atoms with van der Waals surface area (Å²) in [5.41, 5.74) is 4.12. The molecule has 0 fully saturated rings. The Labute approximate surface area is 331 Å². The van der Waals surface area contributed by atoms with E-state index in [1.165, 1.54) is 53.3 Å². The van der Waals surface area contributed by atoms with Gasteiger partial charge in [-0.05, 0) is 70.5 Å². The van der Waals surface area contributed by atoms with Gasteiger partial charge in [-0.1, -0.05) is 58.0 Å². The molecule has 0 aliphatic carbocycles. The molecule has 0 spiro atoms. The van der Waals surface area contributed by atoms with Crippen molar-refractivity contribution in [2.45, 2.75) is 91.9 Å². The van der Waals surface area contributed by atoms with Crippen LogP contribution in [0.4, 0.5) is 27.8 Å². The lowest BCUT2D eigenvalue weighted by molar-refractivity contribution is -0.219. The quantitative estimate of drug-likeness (QED) is 0.0468. The molecule has 0 saturated carbocycles. The van der Waals surface area contributed by atoms with E-state index in [1.54, 1.807) is 17.9 Å². The number of rotatable bonds is 19. The highest BCUT2D eigenvalue weighted by atomic mass is 32.2.